The number of anilines is 1. The molecule has 1 atom stereocenters. The number of halogens is 1. The van der Waals surface area contributed by atoms with Crippen LogP contribution in [0.15, 0.2) is 23.1 Å². The van der Waals surface area contributed by atoms with E-state index >= 15 is 0 Å². The van der Waals surface area contributed by atoms with Crippen molar-refractivity contribution in [1.29, 1.82) is 0 Å². The molecule has 0 saturated carbocycles. The fourth-order valence-electron chi connectivity index (χ4n) is 1.05. The van der Waals surface area contributed by atoms with Gasteiger partial charge in [0.15, 0.2) is 0 Å². The predicted molar refractivity (Wildman–Crippen MR) is 60.8 cm³/mol. The summed E-state index contributed by atoms with van der Waals surface area (Å²) < 4.78 is 24.5. The lowest BCUT2D eigenvalue weighted by molar-refractivity contribution is -0.125. The SMILES string of the molecule is CN(C)C(=O)CS(=O)c1ccc(F)cc1N. The van der Waals surface area contributed by atoms with Crippen molar-refractivity contribution in [3.8, 4) is 0 Å². The van der Waals surface area contributed by atoms with Crippen molar-refractivity contribution in [2.75, 3.05) is 25.6 Å². The molecule has 1 aromatic carbocycles. The summed E-state index contributed by atoms with van der Waals surface area (Å²) in [6.07, 6.45) is 0. The molecule has 4 nitrogen and oxygen atoms in total. The zero-order valence-corrected chi connectivity index (χ0v) is 9.88. The second kappa shape index (κ2) is 5.07. The van der Waals surface area contributed by atoms with Gasteiger partial charge in [-0.05, 0) is 18.2 Å². The molecule has 0 fully saturated rings. The van der Waals surface area contributed by atoms with Crippen molar-refractivity contribution < 1.29 is 13.4 Å². The summed E-state index contributed by atoms with van der Waals surface area (Å²) in [4.78, 5) is 13.0. The highest BCUT2D eigenvalue weighted by atomic mass is 32.2. The fourth-order valence-corrected chi connectivity index (χ4v) is 2.23. The molecule has 2 N–H and O–H groups in total. The first-order valence-electron chi connectivity index (χ1n) is 4.55. The fraction of sp³-hybridized carbons (Fsp3) is 0.300. The average molecular weight is 244 g/mol. The first-order valence-corrected chi connectivity index (χ1v) is 5.87. The zero-order chi connectivity index (χ0) is 12.3. The maximum Gasteiger partial charge on any atom is 0.235 e. The van der Waals surface area contributed by atoms with Crippen molar-refractivity contribution in [2.45, 2.75) is 4.90 Å². The molecule has 1 aromatic rings. The quantitative estimate of drug-likeness (QED) is 0.792. The van der Waals surface area contributed by atoms with Crippen LogP contribution in [0.25, 0.3) is 0 Å². The maximum atomic E-state index is 12.7. The second-order valence-electron chi connectivity index (χ2n) is 3.46. The molecule has 1 unspecified atom stereocenters. The predicted octanol–water partition coefficient (Wildman–Crippen LogP) is 0.604. The van der Waals surface area contributed by atoms with E-state index in [1.54, 1.807) is 14.1 Å². The molecule has 0 aliphatic carbocycles. The normalized spacial score (nSPS) is 12.2. The lowest BCUT2D eigenvalue weighted by Gasteiger charge is -2.10. The van der Waals surface area contributed by atoms with Gasteiger partial charge in [0.25, 0.3) is 0 Å². The lowest BCUT2D eigenvalue weighted by Crippen LogP contribution is -2.27. The number of hydrogen-bond donors (Lipinski definition) is 1. The van der Waals surface area contributed by atoms with Crippen molar-refractivity contribution >= 4 is 22.4 Å². The molecule has 1 amide bonds. The molecule has 16 heavy (non-hydrogen) atoms. The Kier molecular flexibility index (Phi) is 4.00. The minimum Gasteiger partial charge on any atom is -0.398 e. The van der Waals surface area contributed by atoms with E-state index in [0.29, 0.717) is 0 Å². The van der Waals surface area contributed by atoms with Crippen molar-refractivity contribution in [1.82, 2.24) is 4.90 Å². The molecule has 0 aliphatic heterocycles. The molecular weight excluding hydrogens is 231 g/mol. The van der Waals surface area contributed by atoms with Gasteiger partial charge in [-0.15, -0.1) is 0 Å². The van der Waals surface area contributed by atoms with E-state index < -0.39 is 16.6 Å². The van der Waals surface area contributed by atoms with Crippen LogP contribution >= 0.6 is 0 Å². The molecule has 0 aliphatic rings. The highest BCUT2D eigenvalue weighted by molar-refractivity contribution is 7.86. The molecular formula is C10H13FN2O2S. The monoisotopic (exact) mass is 244 g/mol. The van der Waals surface area contributed by atoms with Gasteiger partial charge in [0, 0.05) is 14.1 Å². The Morgan fingerprint density at radius 1 is 1.50 bits per heavy atom. The molecule has 88 valence electrons. The maximum absolute atomic E-state index is 12.7. The molecule has 0 radical (unpaired) electrons. The smallest absolute Gasteiger partial charge is 0.235 e. The van der Waals surface area contributed by atoms with Crippen LogP contribution in [0.3, 0.4) is 0 Å². The minimum atomic E-state index is -1.54. The molecule has 0 heterocycles. The van der Waals surface area contributed by atoms with Crippen LogP contribution in [0.5, 0.6) is 0 Å². The number of nitrogens with two attached hydrogens (primary N) is 1. The summed E-state index contributed by atoms with van der Waals surface area (Å²) in [5, 5.41) is 0. The molecule has 0 spiro atoms. The van der Waals surface area contributed by atoms with Crippen LogP contribution in [-0.4, -0.2) is 34.9 Å². The topological polar surface area (TPSA) is 63.4 Å². The Morgan fingerprint density at radius 3 is 2.62 bits per heavy atom. The summed E-state index contributed by atoms with van der Waals surface area (Å²) in [6, 6.07) is 3.60. The Labute approximate surface area is 95.7 Å². The van der Waals surface area contributed by atoms with Gasteiger partial charge < -0.3 is 10.6 Å². The second-order valence-corrected chi connectivity index (χ2v) is 4.88. The third kappa shape index (κ3) is 3.03. The number of nitrogen functional groups attached to an aromatic ring is 1. The van der Waals surface area contributed by atoms with Crippen LogP contribution in [0.2, 0.25) is 0 Å². The summed E-state index contributed by atoms with van der Waals surface area (Å²) in [6.45, 7) is 0. The number of hydrogen-bond acceptors (Lipinski definition) is 3. The van der Waals surface area contributed by atoms with Crippen LogP contribution < -0.4 is 5.73 Å². The van der Waals surface area contributed by atoms with Crippen LogP contribution in [0.1, 0.15) is 0 Å². The Morgan fingerprint density at radius 2 is 2.12 bits per heavy atom. The zero-order valence-electron chi connectivity index (χ0n) is 9.07. The van der Waals surface area contributed by atoms with Crippen molar-refractivity contribution in [2.24, 2.45) is 0 Å². The standard InChI is InChI=1S/C10H13FN2O2S/c1-13(2)10(14)6-16(15)9-4-3-7(11)5-8(9)12/h3-5H,6,12H2,1-2H3. The Hall–Kier alpha value is -1.43. The van der Waals surface area contributed by atoms with Crippen LogP contribution in [0, 0.1) is 5.82 Å². The third-order valence-electron chi connectivity index (χ3n) is 1.97. The van der Waals surface area contributed by atoms with E-state index in [9.17, 15) is 13.4 Å². The average Bonchev–Trinajstić information content (AvgIpc) is 2.16. The van der Waals surface area contributed by atoms with Gasteiger partial charge in [0.05, 0.1) is 21.4 Å². The van der Waals surface area contributed by atoms with Crippen LogP contribution in [-0.2, 0) is 15.6 Å². The first kappa shape index (κ1) is 12.6. The summed E-state index contributed by atoms with van der Waals surface area (Å²) in [5.41, 5.74) is 5.62. The van der Waals surface area contributed by atoms with E-state index in [1.807, 2.05) is 0 Å². The summed E-state index contributed by atoms with van der Waals surface area (Å²) in [7, 11) is 1.62. The lowest BCUT2D eigenvalue weighted by atomic mass is 10.3. The largest absolute Gasteiger partial charge is 0.398 e. The van der Waals surface area contributed by atoms with Gasteiger partial charge in [-0.2, -0.15) is 0 Å². The van der Waals surface area contributed by atoms with Crippen molar-refractivity contribution in [3.63, 3.8) is 0 Å². The number of carbonyl (C=O) groups excluding carboxylic acids is 1. The van der Waals surface area contributed by atoms with Gasteiger partial charge in [0.1, 0.15) is 11.6 Å². The molecule has 0 saturated heterocycles. The van der Waals surface area contributed by atoms with Gasteiger partial charge in [0.2, 0.25) is 5.91 Å². The van der Waals surface area contributed by atoms with Gasteiger partial charge in [-0.1, -0.05) is 0 Å². The molecule has 0 bridgehead atoms. The van der Waals surface area contributed by atoms with E-state index in [4.69, 9.17) is 5.73 Å². The van der Waals surface area contributed by atoms with Gasteiger partial charge >= 0.3 is 0 Å². The molecule has 0 aromatic heterocycles. The molecule has 6 heteroatoms. The van der Waals surface area contributed by atoms with E-state index in [-0.39, 0.29) is 22.2 Å². The van der Waals surface area contributed by atoms with E-state index in [0.717, 1.165) is 6.07 Å². The number of rotatable bonds is 3. The summed E-state index contributed by atoms with van der Waals surface area (Å²) >= 11 is 0. The highest BCUT2D eigenvalue weighted by Gasteiger charge is 2.14. The minimum absolute atomic E-state index is 0.102. The van der Waals surface area contributed by atoms with E-state index in [1.165, 1.54) is 17.0 Å². The van der Waals surface area contributed by atoms with Gasteiger partial charge in [-0.3, -0.25) is 9.00 Å². The number of benzene rings is 1. The highest BCUT2D eigenvalue weighted by Crippen LogP contribution is 2.17. The van der Waals surface area contributed by atoms with Crippen molar-refractivity contribution in [3.05, 3.63) is 24.0 Å². The first-order chi connectivity index (χ1) is 7.41. The Bertz CT molecular complexity index is 435. The number of nitrogens with zero attached hydrogens (tertiary/aromatic N) is 1. The molecule has 1 rings (SSSR count). The summed E-state index contributed by atoms with van der Waals surface area (Å²) in [5.74, 6) is -0.901. The third-order valence-corrected chi connectivity index (χ3v) is 3.34. The van der Waals surface area contributed by atoms with Gasteiger partial charge in [-0.25, -0.2) is 4.39 Å². The number of carbonyl (C=O) groups is 1. The number of amides is 1. The Balaban J connectivity index is 2.85. The van der Waals surface area contributed by atoms with E-state index in [2.05, 4.69) is 0 Å². The van der Waals surface area contributed by atoms with Crippen LogP contribution in [0.4, 0.5) is 10.1 Å².